The molecular weight excluding hydrogens is 274 g/mol. The summed E-state index contributed by atoms with van der Waals surface area (Å²) in [6.07, 6.45) is 0.629. The van der Waals surface area contributed by atoms with Crippen LogP contribution in [0, 0.1) is 11.6 Å². The Hall–Kier alpha value is -2.43. The SMILES string of the molecule is O=C(Nc1ccc(F)cc1)N1CCc2cc(F)ccc2C1. The summed E-state index contributed by atoms with van der Waals surface area (Å²) < 4.78 is 26.0. The van der Waals surface area contributed by atoms with Gasteiger partial charge in [0.15, 0.2) is 0 Å². The highest BCUT2D eigenvalue weighted by Gasteiger charge is 2.21. The van der Waals surface area contributed by atoms with Crippen LogP contribution in [-0.2, 0) is 13.0 Å². The first-order valence-electron chi connectivity index (χ1n) is 6.70. The molecule has 1 heterocycles. The number of fused-ring (bicyclic) bond motifs is 1. The van der Waals surface area contributed by atoms with E-state index in [1.165, 1.54) is 36.4 Å². The molecule has 3 nitrogen and oxygen atoms in total. The second-order valence-corrected chi connectivity index (χ2v) is 5.02. The summed E-state index contributed by atoms with van der Waals surface area (Å²) in [6.45, 7) is 0.978. The number of rotatable bonds is 1. The number of urea groups is 1. The van der Waals surface area contributed by atoms with Crippen molar-refractivity contribution in [2.24, 2.45) is 0 Å². The number of hydrogen-bond acceptors (Lipinski definition) is 1. The molecule has 2 aromatic rings. The van der Waals surface area contributed by atoms with Gasteiger partial charge in [-0.05, 0) is 53.9 Å². The van der Waals surface area contributed by atoms with E-state index < -0.39 is 0 Å². The number of halogens is 2. The van der Waals surface area contributed by atoms with E-state index in [0.29, 0.717) is 25.2 Å². The van der Waals surface area contributed by atoms with E-state index in [1.54, 1.807) is 11.0 Å². The molecule has 108 valence electrons. The predicted molar refractivity (Wildman–Crippen MR) is 75.9 cm³/mol. The summed E-state index contributed by atoms with van der Waals surface area (Å²) in [6, 6.07) is 10.0. The highest BCUT2D eigenvalue weighted by Crippen LogP contribution is 2.20. The highest BCUT2D eigenvalue weighted by atomic mass is 19.1. The minimum Gasteiger partial charge on any atom is -0.320 e. The molecule has 21 heavy (non-hydrogen) atoms. The molecule has 0 spiro atoms. The third-order valence-electron chi connectivity index (χ3n) is 3.56. The van der Waals surface area contributed by atoms with Crippen LogP contribution in [0.1, 0.15) is 11.1 Å². The van der Waals surface area contributed by atoms with Crippen molar-refractivity contribution < 1.29 is 13.6 Å². The van der Waals surface area contributed by atoms with E-state index in [4.69, 9.17) is 0 Å². The Kier molecular flexibility index (Phi) is 3.56. The molecule has 5 heteroatoms. The smallest absolute Gasteiger partial charge is 0.320 e. The van der Waals surface area contributed by atoms with E-state index in [1.807, 2.05) is 0 Å². The lowest BCUT2D eigenvalue weighted by atomic mass is 10.00. The zero-order valence-corrected chi connectivity index (χ0v) is 11.3. The summed E-state index contributed by atoms with van der Waals surface area (Å²) >= 11 is 0. The fourth-order valence-electron chi connectivity index (χ4n) is 2.43. The lowest BCUT2D eigenvalue weighted by molar-refractivity contribution is 0.206. The molecule has 0 saturated heterocycles. The highest BCUT2D eigenvalue weighted by molar-refractivity contribution is 5.89. The molecule has 1 aliphatic rings. The zero-order valence-electron chi connectivity index (χ0n) is 11.3. The average molecular weight is 288 g/mol. The fourth-order valence-corrected chi connectivity index (χ4v) is 2.43. The number of nitrogens with zero attached hydrogens (tertiary/aromatic N) is 1. The molecule has 0 saturated carbocycles. The van der Waals surface area contributed by atoms with Gasteiger partial charge in [-0.3, -0.25) is 0 Å². The summed E-state index contributed by atoms with van der Waals surface area (Å²) in [7, 11) is 0. The standard InChI is InChI=1S/C16H14F2N2O/c17-13-3-5-15(6-4-13)19-16(21)20-8-7-11-9-14(18)2-1-12(11)10-20/h1-6,9H,7-8,10H2,(H,19,21). The Morgan fingerprint density at radius 3 is 2.48 bits per heavy atom. The third-order valence-corrected chi connectivity index (χ3v) is 3.56. The van der Waals surface area contributed by atoms with Gasteiger partial charge in [-0.25, -0.2) is 13.6 Å². The minimum absolute atomic E-state index is 0.239. The van der Waals surface area contributed by atoms with Crippen LogP contribution in [0.3, 0.4) is 0 Å². The number of hydrogen-bond donors (Lipinski definition) is 1. The van der Waals surface area contributed by atoms with Crippen molar-refractivity contribution >= 4 is 11.7 Å². The van der Waals surface area contributed by atoms with E-state index >= 15 is 0 Å². The van der Waals surface area contributed by atoms with Gasteiger partial charge in [0.2, 0.25) is 0 Å². The Morgan fingerprint density at radius 1 is 1.00 bits per heavy atom. The molecule has 0 fully saturated rings. The van der Waals surface area contributed by atoms with Crippen LogP contribution in [0.2, 0.25) is 0 Å². The van der Waals surface area contributed by atoms with Gasteiger partial charge in [0, 0.05) is 18.8 Å². The molecule has 0 aromatic heterocycles. The Bertz CT molecular complexity index is 670. The molecule has 0 atom stereocenters. The number of carbonyl (C=O) groups is 1. The first-order valence-corrected chi connectivity index (χ1v) is 6.70. The van der Waals surface area contributed by atoms with E-state index in [9.17, 15) is 13.6 Å². The quantitative estimate of drug-likeness (QED) is 0.855. The molecule has 0 aliphatic carbocycles. The van der Waals surface area contributed by atoms with Crippen LogP contribution >= 0.6 is 0 Å². The second-order valence-electron chi connectivity index (χ2n) is 5.02. The van der Waals surface area contributed by atoms with E-state index in [-0.39, 0.29) is 17.7 Å². The maximum atomic E-state index is 13.1. The summed E-state index contributed by atoms with van der Waals surface area (Å²) in [5.41, 5.74) is 2.45. The molecule has 0 bridgehead atoms. The van der Waals surface area contributed by atoms with Crippen molar-refractivity contribution in [3.8, 4) is 0 Å². The van der Waals surface area contributed by atoms with E-state index in [2.05, 4.69) is 5.32 Å². The lowest BCUT2D eigenvalue weighted by Crippen LogP contribution is -2.38. The normalized spacial score (nSPS) is 13.7. The molecular formula is C16H14F2N2O. The molecule has 2 aromatic carbocycles. The molecule has 1 N–H and O–H groups in total. The Labute approximate surface area is 121 Å². The van der Waals surface area contributed by atoms with Crippen LogP contribution in [0.15, 0.2) is 42.5 Å². The van der Waals surface area contributed by atoms with Crippen LogP contribution in [0.5, 0.6) is 0 Å². The fraction of sp³-hybridized carbons (Fsp3) is 0.188. The summed E-state index contributed by atoms with van der Waals surface area (Å²) in [5, 5.41) is 2.73. The number of benzene rings is 2. The first kappa shape index (κ1) is 13.5. The largest absolute Gasteiger partial charge is 0.322 e. The summed E-state index contributed by atoms with van der Waals surface area (Å²) in [5.74, 6) is -0.597. The number of amides is 2. The third kappa shape index (κ3) is 3.02. The van der Waals surface area contributed by atoms with Gasteiger partial charge < -0.3 is 10.2 Å². The van der Waals surface area contributed by atoms with Crippen LogP contribution in [0.25, 0.3) is 0 Å². The number of carbonyl (C=O) groups excluding carboxylic acids is 1. The van der Waals surface area contributed by atoms with Gasteiger partial charge in [-0.1, -0.05) is 6.07 Å². The molecule has 1 aliphatic heterocycles. The van der Waals surface area contributed by atoms with Gasteiger partial charge in [0.1, 0.15) is 11.6 Å². The van der Waals surface area contributed by atoms with Gasteiger partial charge in [-0.2, -0.15) is 0 Å². The topological polar surface area (TPSA) is 32.3 Å². The molecule has 0 unspecified atom stereocenters. The zero-order chi connectivity index (χ0) is 14.8. The monoisotopic (exact) mass is 288 g/mol. The second kappa shape index (κ2) is 5.52. The maximum absolute atomic E-state index is 13.1. The van der Waals surface area contributed by atoms with Gasteiger partial charge >= 0.3 is 6.03 Å². The van der Waals surface area contributed by atoms with Crippen molar-refractivity contribution in [1.82, 2.24) is 4.90 Å². The van der Waals surface area contributed by atoms with Crippen LogP contribution in [-0.4, -0.2) is 17.5 Å². The number of anilines is 1. The van der Waals surface area contributed by atoms with Gasteiger partial charge in [-0.15, -0.1) is 0 Å². The Balaban J connectivity index is 1.69. The van der Waals surface area contributed by atoms with Gasteiger partial charge in [0.25, 0.3) is 0 Å². The van der Waals surface area contributed by atoms with Crippen LogP contribution in [0.4, 0.5) is 19.3 Å². The van der Waals surface area contributed by atoms with E-state index in [0.717, 1.165) is 11.1 Å². The molecule has 3 rings (SSSR count). The lowest BCUT2D eigenvalue weighted by Gasteiger charge is -2.29. The van der Waals surface area contributed by atoms with Crippen molar-refractivity contribution in [2.45, 2.75) is 13.0 Å². The maximum Gasteiger partial charge on any atom is 0.322 e. The van der Waals surface area contributed by atoms with Gasteiger partial charge in [0.05, 0.1) is 0 Å². The van der Waals surface area contributed by atoms with Crippen molar-refractivity contribution in [1.29, 1.82) is 0 Å². The summed E-state index contributed by atoms with van der Waals surface area (Å²) in [4.78, 5) is 13.8. The van der Waals surface area contributed by atoms with Crippen molar-refractivity contribution in [3.05, 3.63) is 65.2 Å². The molecule has 2 amide bonds. The van der Waals surface area contributed by atoms with Crippen molar-refractivity contribution in [3.63, 3.8) is 0 Å². The first-order chi connectivity index (χ1) is 10.1. The minimum atomic E-state index is -0.345. The molecule has 0 radical (unpaired) electrons. The predicted octanol–water partition coefficient (Wildman–Crippen LogP) is 3.56. The van der Waals surface area contributed by atoms with Crippen molar-refractivity contribution in [2.75, 3.05) is 11.9 Å². The average Bonchev–Trinajstić information content (AvgIpc) is 2.49. The number of nitrogens with one attached hydrogen (secondary N) is 1. The Morgan fingerprint density at radius 2 is 1.71 bits per heavy atom. The van der Waals surface area contributed by atoms with Crippen LogP contribution < -0.4 is 5.32 Å².